The minimum absolute atomic E-state index is 0.00480. The van der Waals surface area contributed by atoms with Crippen LogP contribution in [0.1, 0.15) is 58.3 Å². The van der Waals surface area contributed by atoms with Crippen LogP contribution in [0.25, 0.3) is 0 Å². The third kappa shape index (κ3) is 1.03. The Morgan fingerprint density at radius 1 is 0.731 bits per heavy atom. The Balaban J connectivity index is 1.31. The van der Waals surface area contributed by atoms with E-state index in [9.17, 15) is 4.79 Å². The smallest absolute Gasteiger partial charge is 0.303 e. The van der Waals surface area contributed by atoms with E-state index in [0.29, 0.717) is 5.41 Å². The summed E-state index contributed by atoms with van der Waals surface area (Å²) in [6.45, 7) is 1.66. The molecule has 13 aliphatic rings. The molecule has 13 saturated carbocycles. The van der Waals surface area contributed by atoms with Crippen molar-refractivity contribution in [3.63, 3.8) is 0 Å². The van der Waals surface area contributed by atoms with Crippen LogP contribution in [-0.4, -0.2) is 11.6 Å². The van der Waals surface area contributed by atoms with Gasteiger partial charge in [0.1, 0.15) is 5.60 Å². The molecule has 2 nitrogen and oxygen atoms in total. The van der Waals surface area contributed by atoms with Crippen LogP contribution in [0.5, 0.6) is 0 Å². The number of rotatable bonds is 1. The molecule has 0 amide bonds. The van der Waals surface area contributed by atoms with E-state index in [1.165, 1.54) is 19.3 Å². The Hall–Kier alpha value is -0.530. The molecule has 0 radical (unpaired) electrons. The Labute approximate surface area is 155 Å². The van der Waals surface area contributed by atoms with Crippen molar-refractivity contribution in [2.75, 3.05) is 0 Å². The number of esters is 1. The van der Waals surface area contributed by atoms with Crippen molar-refractivity contribution in [3.8, 4) is 0 Å². The van der Waals surface area contributed by atoms with Gasteiger partial charge in [0, 0.05) is 6.92 Å². The molecule has 0 heterocycles. The number of ether oxygens (including phenoxy) is 1. The third-order valence-corrected chi connectivity index (χ3v) is 12.8. The van der Waals surface area contributed by atoms with Gasteiger partial charge in [-0.05, 0) is 127 Å². The molecule has 0 aromatic rings. The summed E-state index contributed by atoms with van der Waals surface area (Å²) in [6, 6.07) is 0. The van der Waals surface area contributed by atoms with Crippen molar-refractivity contribution in [2.24, 2.45) is 75.9 Å². The van der Waals surface area contributed by atoms with E-state index in [-0.39, 0.29) is 11.6 Å². The molecule has 0 saturated heterocycles. The fourth-order valence-electron chi connectivity index (χ4n) is 13.9. The van der Waals surface area contributed by atoms with E-state index in [1.54, 1.807) is 39.0 Å². The predicted octanol–water partition coefficient (Wildman–Crippen LogP) is 4.28. The van der Waals surface area contributed by atoms with Crippen molar-refractivity contribution in [1.29, 1.82) is 0 Å². The molecule has 14 atom stereocenters. The molecule has 2 spiro atoms. The van der Waals surface area contributed by atoms with E-state index in [4.69, 9.17) is 4.74 Å². The molecule has 0 aliphatic heterocycles. The van der Waals surface area contributed by atoms with Gasteiger partial charge >= 0.3 is 5.97 Å². The number of hydrogen-bond acceptors (Lipinski definition) is 2. The molecule has 0 aromatic carbocycles. The zero-order chi connectivity index (χ0) is 16.8. The minimum atomic E-state index is -0.0436. The molecule has 13 aliphatic carbocycles. The summed E-state index contributed by atoms with van der Waals surface area (Å²) < 4.78 is 6.21. The highest BCUT2D eigenvalue weighted by atomic mass is 16.6. The van der Waals surface area contributed by atoms with Crippen LogP contribution in [0.2, 0.25) is 0 Å². The summed E-state index contributed by atoms with van der Waals surface area (Å²) in [4.78, 5) is 12.0. The summed E-state index contributed by atoms with van der Waals surface area (Å²) in [5.41, 5.74) is 1.37. The van der Waals surface area contributed by atoms with Crippen LogP contribution in [0, 0.1) is 75.9 Å². The minimum Gasteiger partial charge on any atom is -0.459 e. The molecule has 26 heavy (non-hydrogen) atoms. The lowest BCUT2D eigenvalue weighted by atomic mass is 9.13. The Morgan fingerprint density at radius 3 is 1.96 bits per heavy atom. The molecule has 2 heteroatoms. The van der Waals surface area contributed by atoms with Crippen molar-refractivity contribution in [1.82, 2.24) is 0 Å². The van der Waals surface area contributed by atoms with Gasteiger partial charge in [0.2, 0.25) is 0 Å². The number of carbonyl (C=O) groups excluding carboxylic acids is 1. The Morgan fingerprint density at radius 2 is 1.31 bits per heavy atom. The average molecular weight is 351 g/mol. The molecule has 13 fully saturated rings. The maximum atomic E-state index is 12.0. The molecule has 138 valence electrons. The fraction of sp³-hybridized carbons (Fsp3) is 0.958. The summed E-state index contributed by atoms with van der Waals surface area (Å²) >= 11 is 0. The van der Waals surface area contributed by atoms with Gasteiger partial charge in [0.25, 0.3) is 0 Å². The second-order valence-corrected chi connectivity index (χ2v) is 12.9. The van der Waals surface area contributed by atoms with Gasteiger partial charge in [0.05, 0.1) is 0 Å². The third-order valence-electron chi connectivity index (χ3n) is 12.8. The quantitative estimate of drug-likeness (QED) is 0.660. The monoisotopic (exact) mass is 350 g/mol. The van der Waals surface area contributed by atoms with Crippen LogP contribution < -0.4 is 0 Å². The number of carbonyl (C=O) groups is 1. The van der Waals surface area contributed by atoms with Crippen LogP contribution in [-0.2, 0) is 9.53 Å². The molecule has 13 rings (SSSR count). The van der Waals surface area contributed by atoms with Gasteiger partial charge in [-0.3, -0.25) is 4.79 Å². The van der Waals surface area contributed by atoms with Crippen molar-refractivity contribution < 1.29 is 9.53 Å². The first-order valence-electron chi connectivity index (χ1n) is 11.7. The molecular formula is C24H30O2. The predicted molar refractivity (Wildman–Crippen MR) is 94.7 cm³/mol. The highest BCUT2D eigenvalue weighted by Gasteiger charge is 2.88. The van der Waals surface area contributed by atoms with Crippen molar-refractivity contribution in [3.05, 3.63) is 0 Å². The first-order chi connectivity index (χ1) is 12.6. The van der Waals surface area contributed by atoms with Crippen LogP contribution in [0.4, 0.5) is 0 Å². The van der Waals surface area contributed by atoms with Crippen LogP contribution >= 0.6 is 0 Å². The molecule has 0 N–H and O–H groups in total. The zero-order valence-corrected chi connectivity index (χ0v) is 15.8. The van der Waals surface area contributed by atoms with Crippen molar-refractivity contribution >= 4 is 5.97 Å². The summed E-state index contributed by atoms with van der Waals surface area (Å²) in [6.07, 6.45) is 11.8. The molecule has 0 aromatic heterocycles. The molecule has 14 bridgehead atoms. The van der Waals surface area contributed by atoms with E-state index in [1.807, 2.05) is 0 Å². The highest BCUT2D eigenvalue weighted by Crippen LogP contribution is 2.93. The summed E-state index contributed by atoms with van der Waals surface area (Å²) in [5, 5.41) is 0. The number of hydrogen-bond donors (Lipinski definition) is 0. The van der Waals surface area contributed by atoms with E-state index in [0.717, 1.165) is 70.5 Å². The van der Waals surface area contributed by atoms with Crippen molar-refractivity contribution in [2.45, 2.75) is 63.9 Å². The largest absolute Gasteiger partial charge is 0.459 e. The fourth-order valence-corrected chi connectivity index (χ4v) is 13.9. The molecular weight excluding hydrogens is 320 g/mol. The molecule has 6 unspecified atom stereocenters. The van der Waals surface area contributed by atoms with Gasteiger partial charge in [0.15, 0.2) is 0 Å². The lowest BCUT2D eigenvalue weighted by molar-refractivity contribution is -0.444. The Bertz CT molecular complexity index is 758. The maximum Gasteiger partial charge on any atom is 0.303 e. The Kier molecular flexibility index (Phi) is 1.81. The maximum absolute atomic E-state index is 12.0. The van der Waals surface area contributed by atoms with E-state index < -0.39 is 0 Å². The van der Waals surface area contributed by atoms with Gasteiger partial charge in [-0.1, -0.05) is 0 Å². The van der Waals surface area contributed by atoms with E-state index in [2.05, 4.69) is 0 Å². The van der Waals surface area contributed by atoms with Gasteiger partial charge in [-0.15, -0.1) is 0 Å². The first kappa shape index (κ1) is 13.6. The topological polar surface area (TPSA) is 26.3 Å². The normalized spacial score (nSPS) is 76.4. The first-order valence-corrected chi connectivity index (χ1v) is 11.7. The highest BCUT2D eigenvalue weighted by molar-refractivity contribution is 5.66. The van der Waals surface area contributed by atoms with E-state index >= 15 is 0 Å². The summed E-state index contributed by atoms with van der Waals surface area (Å²) in [7, 11) is 0. The zero-order valence-electron chi connectivity index (χ0n) is 15.8. The second kappa shape index (κ2) is 3.45. The standard InChI is InChI=1S/C24H30O2/c1-10(25)26-22-5-16-15-7-23-4-11-2-12-14-8-24(9-22,20(16)18(12)23)21(17(15)6-22)19(23)13(14)3-11/h11-21H,2-9H2,1H3/t11?,12-,13-,14?,15?,16+,17+,18-,19+,20+,21-,22?,23?,24?/m0/s1. The van der Waals surface area contributed by atoms with Crippen LogP contribution in [0.15, 0.2) is 0 Å². The van der Waals surface area contributed by atoms with Crippen LogP contribution in [0.3, 0.4) is 0 Å². The van der Waals surface area contributed by atoms with Gasteiger partial charge < -0.3 is 4.74 Å². The lowest BCUT2D eigenvalue weighted by Gasteiger charge is -2.91. The SMILES string of the molecule is CC(=O)OC12C[C@@H]3C4CC56CC7C[C@H]8C9CC(C1)([C@@H]3[C@H]5[C@H]9C7)[C@@H]([C@H]86)[C@@H]4C2. The average Bonchev–Trinajstić information content (AvgIpc) is 2.58. The van der Waals surface area contributed by atoms with Gasteiger partial charge in [-0.2, -0.15) is 0 Å². The summed E-state index contributed by atoms with van der Waals surface area (Å²) in [5.74, 6) is 11.6. The lowest BCUT2D eigenvalue weighted by Crippen LogP contribution is -2.87. The van der Waals surface area contributed by atoms with Gasteiger partial charge in [-0.25, -0.2) is 0 Å². The second-order valence-electron chi connectivity index (χ2n) is 12.9.